The summed E-state index contributed by atoms with van der Waals surface area (Å²) in [6.07, 6.45) is 0. The van der Waals surface area contributed by atoms with Crippen LogP contribution in [0.5, 0.6) is 11.5 Å². The topological polar surface area (TPSA) is 75.8 Å². The molecule has 0 aliphatic heterocycles. The van der Waals surface area contributed by atoms with E-state index < -0.39 is 0 Å². The Morgan fingerprint density at radius 3 is 2.76 bits per heavy atom. The summed E-state index contributed by atoms with van der Waals surface area (Å²) < 4.78 is 4.96. The summed E-state index contributed by atoms with van der Waals surface area (Å²) in [6, 6.07) is 4.84. The molecule has 0 spiro atoms. The molecule has 0 aliphatic rings. The van der Waals surface area contributed by atoms with E-state index in [4.69, 9.17) is 10.5 Å². The minimum atomic E-state index is -0.241. The van der Waals surface area contributed by atoms with Crippen LogP contribution in [0.1, 0.15) is 17.3 Å². The van der Waals surface area contributed by atoms with Crippen molar-refractivity contribution in [1.29, 1.82) is 0 Å². The van der Waals surface area contributed by atoms with Crippen molar-refractivity contribution in [2.75, 3.05) is 26.7 Å². The van der Waals surface area contributed by atoms with Crippen LogP contribution in [0.4, 0.5) is 0 Å². The van der Waals surface area contributed by atoms with E-state index in [9.17, 15) is 9.90 Å². The lowest BCUT2D eigenvalue weighted by Crippen LogP contribution is -2.35. The molecule has 0 heterocycles. The summed E-state index contributed by atoms with van der Waals surface area (Å²) in [7, 11) is 1.45. The molecule has 0 aromatic heterocycles. The number of hydrogen-bond acceptors (Lipinski definition) is 4. The van der Waals surface area contributed by atoms with Crippen LogP contribution in [-0.4, -0.2) is 42.7 Å². The highest BCUT2D eigenvalue weighted by molar-refractivity contribution is 5.97. The Bertz CT molecular complexity index is 393. The van der Waals surface area contributed by atoms with Crippen LogP contribution in [0, 0.1) is 0 Å². The number of aromatic hydroxyl groups is 1. The SMILES string of the molecule is CCN(CCN)C(=O)c1cccc(OC)c1O. The molecule has 0 radical (unpaired) electrons. The van der Waals surface area contributed by atoms with E-state index in [0.29, 0.717) is 25.4 Å². The second-order valence-corrected chi connectivity index (χ2v) is 3.53. The Morgan fingerprint density at radius 2 is 2.24 bits per heavy atom. The number of nitrogens with two attached hydrogens (primary N) is 1. The zero-order valence-electron chi connectivity index (χ0n) is 10.1. The van der Waals surface area contributed by atoms with Gasteiger partial charge in [-0.2, -0.15) is 0 Å². The van der Waals surface area contributed by atoms with Gasteiger partial charge in [-0.05, 0) is 19.1 Å². The van der Waals surface area contributed by atoms with E-state index in [1.807, 2.05) is 6.92 Å². The Labute approximate surface area is 101 Å². The number of nitrogens with zero attached hydrogens (tertiary/aromatic N) is 1. The maximum Gasteiger partial charge on any atom is 0.257 e. The predicted octanol–water partition coefficient (Wildman–Crippen LogP) is 0.822. The highest BCUT2D eigenvalue weighted by Gasteiger charge is 2.19. The molecule has 5 heteroatoms. The average Bonchev–Trinajstić information content (AvgIpc) is 2.35. The number of carbonyl (C=O) groups excluding carboxylic acids is 1. The molecule has 5 nitrogen and oxygen atoms in total. The van der Waals surface area contributed by atoms with Gasteiger partial charge in [-0.3, -0.25) is 4.79 Å². The monoisotopic (exact) mass is 238 g/mol. The molecule has 3 N–H and O–H groups in total. The number of phenolic OH excluding ortho intramolecular Hbond substituents is 1. The Kier molecular flexibility index (Phi) is 4.78. The van der Waals surface area contributed by atoms with Crippen LogP contribution in [0.2, 0.25) is 0 Å². The smallest absolute Gasteiger partial charge is 0.257 e. The van der Waals surface area contributed by atoms with E-state index in [1.54, 1.807) is 23.1 Å². The van der Waals surface area contributed by atoms with Crippen LogP contribution in [0.3, 0.4) is 0 Å². The Morgan fingerprint density at radius 1 is 1.53 bits per heavy atom. The van der Waals surface area contributed by atoms with Crippen LogP contribution in [0.15, 0.2) is 18.2 Å². The maximum absolute atomic E-state index is 12.1. The summed E-state index contributed by atoms with van der Waals surface area (Å²) in [4.78, 5) is 13.7. The minimum absolute atomic E-state index is 0.129. The van der Waals surface area contributed by atoms with E-state index >= 15 is 0 Å². The molecule has 0 saturated carbocycles. The molecule has 1 rings (SSSR count). The first-order valence-corrected chi connectivity index (χ1v) is 5.51. The Hall–Kier alpha value is -1.75. The van der Waals surface area contributed by atoms with E-state index in [1.165, 1.54) is 7.11 Å². The number of carbonyl (C=O) groups is 1. The average molecular weight is 238 g/mol. The van der Waals surface area contributed by atoms with Gasteiger partial charge in [0.05, 0.1) is 12.7 Å². The molecule has 17 heavy (non-hydrogen) atoms. The highest BCUT2D eigenvalue weighted by atomic mass is 16.5. The second-order valence-electron chi connectivity index (χ2n) is 3.53. The number of amides is 1. The van der Waals surface area contributed by atoms with Crippen molar-refractivity contribution in [3.63, 3.8) is 0 Å². The van der Waals surface area contributed by atoms with Crippen LogP contribution in [-0.2, 0) is 0 Å². The fourth-order valence-electron chi connectivity index (χ4n) is 1.59. The molecule has 1 amide bonds. The number of benzene rings is 1. The number of para-hydroxylation sites is 1. The van der Waals surface area contributed by atoms with Crippen LogP contribution < -0.4 is 10.5 Å². The van der Waals surface area contributed by atoms with Gasteiger partial charge in [0.15, 0.2) is 11.5 Å². The summed E-state index contributed by atoms with van der Waals surface area (Å²) >= 11 is 0. The van der Waals surface area contributed by atoms with Gasteiger partial charge in [-0.1, -0.05) is 6.07 Å². The van der Waals surface area contributed by atoms with E-state index in [0.717, 1.165) is 0 Å². The van der Waals surface area contributed by atoms with Crippen molar-refractivity contribution in [1.82, 2.24) is 4.90 Å². The van der Waals surface area contributed by atoms with Crippen LogP contribution >= 0.6 is 0 Å². The molecule has 0 bridgehead atoms. The molecular formula is C12H18N2O3. The predicted molar refractivity (Wildman–Crippen MR) is 65.3 cm³/mol. The maximum atomic E-state index is 12.1. The van der Waals surface area contributed by atoms with Gasteiger partial charge in [0.25, 0.3) is 5.91 Å². The third-order valence-corrected chi connectivity index (χ3v) is 2.52. The van der Waals surface area contributed by atoms with Crippen molar-refractivity contribution in [3.8, 4) is 11.5 Å². The largest absolute Gasteiger partial charge is 0.504 e. The van der Waals surface area contributed by atoms with Crippen molar-refractivity contribution >= 4 is 5.91 Å². The van der Waals surface area contributed by atoms with Gasteiger partial charge in [-0.25, -0.2) is 0 Å². The molecule has 94 valence electrons. The molecule has 1 aromatic rings. The molecule has 0 atom stereocenters. The van der Waals surface area contributed by atoms with Gasteiger partial charge >= 0.3 is 0 Å². The fourth-order valence-corrected chi connectivity index (χ4v) is 1.59. The summed E-state index contributed by atoms with van der Waals surface area (Å²) in [5.74, 6) is -0.0792. The lowest BCUT2D eigenvalue weighted by Gasteiger charge is -2.20. The van der Waals surface area contributed by atoms with Crippen molar-refractivity contribution in [2.24, 2.45) is 5.73 Å². The first-order chi connectivity index (χ1) is 8.15. The van der Waals surface area contributed by atoms with Gasteiger partial charge in [0.2, 0.25) is 0 Å². The number of hydrogen-bond donors (Lipinski definition) is 2. The Balaban J connectivity index is 3.02. The van der Waals surface area contributed by atoms with Crippen molar-refractivity contribution in [2.45, 2.75) is 6.92 Å². The van der Waals surface area contributed by atoms with Gasteiger partial charge in [-0.15, -0.1) is 0 Å². The molecule has 0 saturated heterocycles. The lowest BCUT2D eigenvalue weighted by molar-refractivity contribution is 0.0765. The molecule has 0 unspecified atom stereocenters. The van der Waals surface area contributed by atoms with Crippen LogP contribution in [0.25, 0.3) is 0 Å². The molecule has 0 aliphatic carbocycles. The highest BCUT2D eigenvalue weighted by Crippen LogP contribution is 2.30. The first-order valence-electron chi connectivity index (χ1n) is 5.51. The standard InChI is InChI=1S/C12H18N2O3/c1-3-14(8-7-13)12(16)9-5-4-6-10(17-2)11(9)15/h4-6,15H,3,7-8,13H2,1-2H3. The van der Waals surface area contributed by atoms with Crippen molar-refractivity contribution in [3.05, 3.63) is 23.8 Å². The summed E-state index contributed by atoms with van der Waals surface area (Å²) in [6.45, 7) is 3.27. The van der Waals surface area contributed by atoms with Crippen molar-refractivity contribution < 1.29 is 14.6 Å². The number of likely N-dealkylation sites (N-methyl/N-ethyl adjacent to an activating group) is 1. The normalized spacial score (nSPS) is 10.1. The third-order valence-electron chi connectivity index (χ3n) is 2.52. The molecule has 0 fully saturated rings. The zero-order valence-corrected chi connectivity index (χ0v) is 10.1. The third kappa shape index (κ3) is 2.88. The number of phenols is 1. The van der Waals surface area contributed by atoms with E-state index in [-0.39, 0.29) is 17.2 Å². The van der Waals surface area contributed by atoms with Gasteiger partial charge in [0, 0.05) is 19.6 Å². The quantitative estimate of drug-likeness (QED) is 0.796. The van der Waals surface area contributed by atoms with E-state index in [2.05, 4.69) is 0 Å². The molecule has 1 aromatic carbocycles. The number of rotatable bonds is 5. The first kappa shape index (κ1) is 13.3. The zero-order chi connectivity index (χ0) is 12.8. The van der Waals surface area contributed by atoms with Gasteiger partial charge in [0.1, 0.15) is 0 Å². The number of methoxy groups -OCH3 is 1. The number of ether oxygens (including phenoxy) is 1. The fraction of sp³-hybridized carbons (Fsp3) is 0.417. The summed E-state index contributed by atoms with van der Waals surface area (Å²) in [5, 5.41) is 9.87. The minimum Gasteiger partial charge on any atom is -0.504 e. The second kappa shape index (κ2) is 6.10. The van der Waals surface area contributed by atoms with Gasteiger partial charge < -0.3 is 20.5 Å². The molecular weight excluding hydrogens is 220 g/mol. The summed E-state index contributed by atoms with van der Waals surface area (Å²) in [5.41, 5.74) is 5.67. The lowest BCUT2D eigenvalue weighted by atomic mass is 10.1.